The Morgan fingerprint density at radius 1 is 1.43 bits per heavy atom. The van der Waals surface area contributed by atoms with Gasteiger partial charge in [0.05, 0.1) is 10.2 Å². The molecule has 2 rings (SSSR count). The first-order valence-electron chi connectivity index (χ1n) is 7.06. The molecule has 0 unspecified atom stereocenters. The van der Waals surface area contributed by atoms with Gasteiger partial charge in [0.2, 0.25) is 0 Å². The van der Waals surface area contributed by atoms with Crippen molar-refractivity contribution in [2.45, 2.75) is 36.9 Å². The van der Waals surface area contributed by atoms with Gasteiger partial charge in [-0.15, -0.1) is 0 Å². The molecule has 1 aromatic carbocycles. The number of hydrogen-bond acceptors (Lipinski definition) is 3. The third-order valence-corrected chi connectivity index (χ3v) is 6.56. The second-order valence-corrected chi connectivity index (χ2v) is 7.96. The maximum absolute atomic E-state index is 14.4. The van der Waals surface area contributed by atoms with Crippen LogP contribution >= 0.6 is 39.9 Å². The molecule has 1 aromatic rings. The fourth-order valence-electron chi connectivity index (χ4n) is 2.78. The molecule has 1 aliphatic rings. The van der Waals surface area contributed by atoms with Crippen molar-refractivity contribution in [1.29, 1.82) is 0 Å². The molecule has 21 heavy (non-hydrogen) atoms. The molecule has 2 nitrogen and oxygen atoms in total. The summed E-state index contributed by atoms with van der Waals surface area (Å²) >= 11 is 10.0. The lowest BCUT2D eigenvalue weighted by atomic mass is 9.88. The summed E-state index contributed by atoms with van der Waals surface area (Å²) in [5.74, 6) is -0.327. The third-order valence-electron chi connectivity index (χ3n) is 4.15. The van der Waals surface area contributed by atoms with E-state index in [1.165, 1.54) is 32.1 Å². The standard InChI is InChI=1S/C15H20BrFN2S2/c1-21-15(7-3-2-4-8-15)9-19-11-6-5-10(14(18)20)12(16)13(11)17/h5-6,19H,2-4,7-9H2,1H3,(H2,18,20). The Kier molecular flexibility index (Phi) is 5.91. The summed E-state index contributed by atoms with van der Waals surface area (Å²) in [4.78, 5) is 0.195. The van der Waals surface area contributed by atoms with Crippen molar-refractivity contribution >= 4 is 50.6 Å². The topological polar surface area (TPSA) is 38.0 Å². The van der Waals surface area contributed by atoms with Gasteiger partial charge in [-0.3, -0.25) is 0 Å². The van der Waals surface area contributed by atoms with Crippen LogP contribution in [0.25, 0.3) is 0 Å². The number of thioether (sulfide) groups is 1. The largest absolute Gasteiger partial charge is 0.389 e. The Bertz CT molecular complexity index is 531. The summed E-state index contributed by atoms with van der Waals surface area (Å²) in [6.07, 6.45) is 8.36. The van der Waals surface area contributed by atoms with Crippen LogP contribution in [-0.2, 0) is 0 Å². The second kappa shape index (κ2) is 7.29. The van der Waals surface area contributed by atoms with Crippen LogP contribution in [0.3, 0.4) is 0 Å². The minimum atomic E-state index is -0.327. The molecule has 6 heteroatoms. The van der Waals surface area contributed by atoms with E-state index in [2.05, 4.69) is 27.5 Å². The fraction of sp³-hybridized carbons (Fsp3) is 0.533. The van der Waals surface area contributed by atoms with Crippen molar-refractivity contribution in [2.24, 2.45) is 5.73 Å². The molecular weight excluding hydrogens is 371 g/mol. The summed E-state index contributed by atoms with van der Waals surface area (Å²) in [6, 6.07) is 3.47. The average molecular weight is 391 g/mol. The first kappa shape index (κ1) is 17.0. The predicted octanol–water partition coefficient (Wildman–Crippen LogP) is 4.70. The van der Waals surface area contributed by atoms with Gasteiger partial charge in [0.1, 0.15) is 4.99 Å². The van der Waals surface area contributed by atoms with E-state index in [9.17, 15) is 4.39 Å². The summed E-state index contributed by atoms with van der Waals surface area (Å²) in [5.41, 5.74) is 6.61. The lowest BCUT2D eigenvalue weighted by molar-refractivity contribution is 0.411. The Morgan fingerprint density at radius 2 is 2.10 bits per heavy atom. The first-order chi connectivity index (χ1) is 9.99. The number of thiocarbonyl (C=S) groups is 1. The minimum absolute atomic E-state index is 0.195. The van der Waals surface area contributed by atoms with Crippen LogP contribution in [0.5, 0.6) is 0 Å². The zero-order chi connectivity index (χ0) is 15.5. The Labute approximate surface area is 143 Å². The van der Waals surface area contributed by atoms with Gasteiger partial charge in [-0.2, -0.15) is 11.8 Å². The Morgan fingerprint density at radius 3 is 2.67 bits per heavy atom. The highest BCUT2D eigenvalue weighted by atomic mass is 79.9. The van der Waals surface area contributed by atoms with Gasteiger partial charge in [-0.1, -0.05) is 31.5 Å². The van der Waals surface area contributed by atoms with Crippen LogP contribution in [0.2, 0.25) is 0 Å². The van der Waals surface area contributed by atoms with E-state index in [1.807, 2.05) is 11.8 Å². The maximum atomic E-state index is 14.4. The van der Waals surface area contributed by atoms with E-state index < -0.39 is 0 Å². The lowest BCUT2D eigenvalue weighted by Gasteiger charge is -2.36. The number of benzene rings is 1. The minimum Gasteiger partial charge on any atom is -0.389 e. The first-order valence-corrected chi connectivity index (χ1v) is 9.48. The zero-order valence-corrected chi connectivity index (χ0v) is 15.3. The normalized spacial score (nSPS) is 17.5. The highest BCUT2D eigenvalue weighted by Gasteiger charge is 2.31. The van der Waals surface area contributed by atoms with Gasteiger partial charge in [0.25, 0.3) is 0 Å². The maximum Gasteiger partial charge on any atom is 0.161 e. The molecule has 0 atom stereocenters. The van der Waals surface area contributed by atoms with Crippen molar-refractivity contribution in [2.75, 3.05) is 18.1 Å². The second-order valence-electron chi connectivity index (χ2n) is 5.45. The van der Waals surface area contributed by atoms with Crippen molar-refractivity contribution < 1.29 is 4.39 Å². The third kappa shape index (κ3) is 3.90. The van der Waals surface area contributed by atoms with E-state index in [0.29, 0.717) is 15.7 Å². The van der Waals surface area contributed by atoms with E-state index in [4.69, 9.17) is 18.0 Å². The van der Waals surface area contributed by atoms with E-state index in [1.54, 1.807) is 12.1 Å². The molecule has 1 aliphatic carbocycles. The fourth-order valence-corrected chi connectivity index (χ4v) is 4.56. The molecule has 1 fully saturated rings. The number of rotatable bonds is 5. The quantitative estimate of drug-likeness (QED) is 0.714. The molecule has 0 heterocycles. The van der Waals surface area contributed by atoms with Crippen LogP contribution in [-0.4, -0.2) is 22.5 Å². The Balaban J connectivity index is 2.13. The van der Waals surface area contributed by atoms with Gasteiger partial charge in [-0.25, -0.2) is 4.39 Å². The van der Waals surface area contributed by atoms with E-state index >= 15 is 0 Å². The molecule has 0 radical (unpaired) electrons. The Hall–Kier alpha value is -0.330. The average Bonchev–Trinajstić information content (AvgIpc) is 2.49. The molecule has 0 spiro atoms. The summed E-state index contributed by atoms with van der Waals surface area (Å²) in [5, 5.41) is 3.27. The monoisotopic (exact) mass is 390 g/mol. The van der Waals surface area contributed by atoms with Crippen molar-refractivity contribution in [3.63, 3.8) is 0 Å². The highest BCUT2D eigenvalue weighted by Crippen LogP contribution is 2.39. The molecule has 0 saturated heterocycles. The van der Waals surface area contributed by atoms with Gasteiger partial charge >= 0.3 is 0 Å². The van der Waals surface area contributed by atoms with Crippen LogP contribution in [0.15, 0.2) is 16.6 Å². The molecule has 0 bridgehead atoms. The summed E-state index contributed by atoms with van der Waals surface area (Å²) in [6.45, 7) is 0.782. The van der Waals surface area contributed by atoms with Crippen molar-refractivity contribution in [1.82, 2.24) is 0 Å². The van der Waals surface area contributed by atoms with Crippen LogP contribution in [0, 0.1) is 5.82 Å². The molecular formula is C15H20BrFN2S2. The predicted molar refractivity (Wildman–Crippen MR) is 97.8 cm³/mol. The van der Waals surface area contributed by atoms with Crippen LogP contribution in [0.4, 0.5) is 10.1 Å². The highest BCUT2D eigenvalue weighted by molar-refractivity contribution is 9.10. The van der Waals surface area contributed by atoms with Crippen molar-refractivity contribution in [3.8, 4) is 0 Å². The van der Waals surface area contributed by atoms with Crippen LogP contribution < -0.4 is 11.1 Å². The molecule has 3 N–H and O–H groups in total. The zero-order valence-electron chi connectivity index (χ0n) is 12.0. The van der Waals surface area contributed by atoms with Crippen LogP contribution in [0.1, 0.15) is 37.7 Å². The van der Waals surface area contributed by atoms with E-state index in [-0.39, 0.29) is 15.6 Å². The number of nitrogens with one attached hydrogen (secondary N) is 1. The van der Waals surface area contributed by atoms with Gasteiger partial charge in [0, 0.05) is 16.9 Å². The van der Waals surface area contributed by atoms with E-state index in [0.717, 1.165) is 6.54 Å². The molecule has 0 aliphatic heterocycles. The number of anilines is 1. The lowest BCUT2D eigenvalue weighted by Crippen LogP contribution is -2.35. The summed E-state index contributed by atoms with van der Waals surface area (Å²) < 4.78 is 14.9. The van der Waals surface area contributed by atoms with Crippen molar-refractivity contribution in [3.05, 3.63) is 28.0 Å². The number of nitrogens with two attached hydrogens (primary N) is 1. The summed E-state index contributed by atoms with van der Waals surface area (Å²) in [7, 11) is 0. The number of hydrogen-bond donors (Lipinski definition) is 2. The van der Waals surface area contributed by atoms with Gasteiger partial charge < -0.3 is 11.1 Å². The molecule has 0 aromatic heterocycles. The van der Waals surface area contributed by atoms with Gasteiger partial charge in [-0.05, 0) is 47.2 Å². The SMILES string of the molecule is CSC1(CNc2ccc(C(N)=S)c(Br)c2F)CCCCC1. The molecule has 0 amide bonds. The molecule has 1 saturated carbocycles. The molecule has 116 valence electrons. The number of halogens is 2. The smallest absolute Gasteiger partial charge is 0.161 e. The van der Waals surface area contributed by atoms with Gasteiger partial charge in [0.15, 0.2) is 5.82 Å².